The summed E-state index contributed by atoms with van der Waals surface area (Å²) in [5.41, 5.74) is 0.715. The van der Waals surface area contributed by atoms with Gasteiger partial charge in [0.2, 0.25) is 5.91 Å². The number of aliphatic carboxylic acids is 1. The van der Waals surface area contributed by atoms with E-state index in [0.717, 1.165) is 29.3 Å². The number of aromatic nitrogens is 1. The van der Waals surface area contributed by atoms with Gasteiger partial charge in [-0.1, -0.05) is 0 Å². The SMILES string of the molecule is O=C(NCCNc1nc2c(s1)CCC2C(=O)O)C1CC1. The normalized spacial score (nSPS) is 20.5. The molecule has 3 rings (SSSR count). The van der Waals surface area contributed by atoms with Crippen molar-refractivity contribution in [2.75, 3.05) is 18.4 Å². The molecule has 6 nitrogen and oxygen atoms in total. The molecule has 3 N–H and O–H groups in total. The van der Waals surface area contributed by atoms with Gasteiger partial charge >= 0.3 is 5.97 Å². The summed E-state index contributed by atoms with van der Waals surface area (Å²) in [7, 11) is 0. The number of hydrogen-bond donors (Lipinski definition) is 3. The van der Waals surface area contributed by atoms with Crippen LogP contribution < -0.4 is 10.6 Å². The van der Waals surface area contributed by atoms with Crippen molar-refractivity contribution in [3.05, 3.63) is 10.6 Å². The van der Waals surface area contributed by atoms with Gasteiger partial charge < -0.3 is 15.7 Å². The minimum Gasteiger partial charge on any atom is -0.481 e. The zero-order valence-electron chi connectivity index (χ0n) is 11.0. The Labute approximate surface area is 120 Å². The monoisotopic (exact) mass is 295 g/mol. The van der Waals surface area contributed by atoms with Crippen LogP contribution in [-0.4, -0.2) is 35.1 Å². The first-order chi connectivity index (χ1) is 9.65. The summed E-state index contributed by atoms with van der Waals surface area (Å²) in [5, 5.41) is 15.9. The van der Waals surface area contributed by atoms with Gasteiger partial charge in [-0.3, -0.25) is 9.59 Å². The highest BCUT2D eigenvalue weighted by molar-refractivity contribution is 7.15. The highest BCUT2D eigenvalue weighted by Gasteiger charge is 2.32. The predicted molar refractivity (Wildman–Crippen MR) is 75.0 cm³/mol. The molecule has 20 heavy (non-hydrogen) atoms. The van der Waals surface area contributed by atoms with Crippen LogP contribution in [0, 0.1) is 5.92 Å². The third-order valence-corrected chi connectivity index (χ3v) is 4.75. The van der Waals surface area contributed by atoms with Gasteiger partial charge in [0, 0.05) is 23.9 Å². The van der Waals surface area contributed by atoms with E-state index in [0.29, 0.717) is 25.2 Å². The molecule has 1 saturated carbocycles. The standard InChI is InChI=1S/C13H17N3O3S/c17-11(7-1-2-7)14-5-6-15-13-16-10-8(12(18)19)3-4-9(10)20-13/h7-8H,1-6H2,(H,14,17)(H,15,16)(H,18,19). The average Bonchev–Trinajstić information content (AvgIpc) is 3.06. The fourth-order valence-corrected chi connectivity index (χ4v) is 3.45. The molecule has 1 fully saturated rings. The molecule has 1 unspecified atom stereocenters. The molecule has 1 heterocycles. The van der Waals surface area contributed by atoms with Crippen LogP contribution in [0.25, 0.3) is 0 Å². The lowest BCUT2D eigenvalue weighted by atomic mass is 10.1. The van der Waals surface area contributed by atoms with E-state index in [1.54, 1.807) is 0 Å². The molecule has 1 atom stereocenters. The quantitative estimate of drug-likeness (QED) is 0.686. The Morgan fingerprint density at radius 1 is 1.30 bits per heavy atom. The number of carbonyl (C=O) groups excluding carboxylic acids is 1. The van der Waals surface area contributed by atoms with Gasteiger partial charge in [0.1, 0.15) is 5.92 Å². The molecule has 0 spiro atoms. The molecule has 0 aromatic carbocycles. The molecule has 0 radical (unpaired) electrons. The second-order valence-electron chi connectivity index (χ2n) is 5.25. The van der Waals surface area contributed by atoms with Crippen LogP contribution in [0.2, 0.25) is 0 Å². The minimum absolute atomic E-state index is 0.138. The summed E-state index contributed by atoms with van der Waals surface area (Å²) in [5.74, 6) is -0.877. The smallest absolute Gasteiger partial charge is 0.312 e. The number of hydrogen-bond acceptors (Lipinski definition) is 5. The molecular formula is C13H17N3O3S. The van der Waals surface area contributed by atoms with Crippen molar-refractivity contribution in [2.45, 2.75) is 31.6 Å². The van der Waals surface area contributed by atoms with E-state index >= 15 is 0 Å². The lowest BCUT2D eigenvalue weighted by Crippen LogP contribution is -2.29. The maximum absolute atomic E-state index is 11.4. The number of nitrogens with one attached hydrogen (secondary N) is 2. The van der Waals surface area contributed by atoms with Crippen LogP contribution in [0.1, 0.15) is 35.8 Å². The van der Waals surface area contributed by atoms with E-state index in [-0.39, 0.29) is 11.8 Å². The Bertz CT molecular complexity index is 539. The van der Waals surface area contributed by atoms with E-state index in [1.807, 2.05) is 0 Å². The van der Waals surface area contributed by atoms with Gasteiger partial charge in [-0.15, -0.1) is 11.3 Å². The van der Waals surface area contributed by atoms with Crippen LogP contribution in [-0.2, 0) is 16.0 Å². The number of thiazole rings is 1. The van der Waals surface area contributed by atoms with E-state index in [1.165, 1.54) is 11.3 Å². The van der Waals surface area contributed by atoms with Crippen molar-refractivity contribution in [2.24, 2.45) is 5.92 Å². The Morgan fingerprint density at radius 3 is 2.80 bits per heavy atom. The number of anilines is 1. The Morgan fingerprint density at radius 2 is 2.10 bits per heavy atom. The van der Waals surface area contributed by atoms with E-state index in [2.05, 4.69) is 15.6 Å². The number of carbonyl (C=O) groups is 2. The lowest BCUT2D eigenvalue weighted by molar-refractivity contribution is -0.138. The van der Waals surface area contributed by atoms with E-state index < -0.39 is 11.9 Å². The van der Waals surface area contributed by atoms with Gasteiger partial charge in [-0.05, 0) is 25.7 Å². The topological polar surface area (TPSA) is 91.3 Å². The fraction of sp³-hybridized carbons (Fsp3) is 0.615. The lowest BCUT2D eigenvalue weighted by Gasteiger charge is -2.05. The molecule has 0 aliphatic heterocycles. The number of fused-ring (bicyclic) bond motifs is 1. The molecular weight excluding hydrogens is 278 g/mol. The molecule has 1 amide bonds. The summed E-state index contributed by atoms with van der Waals surface area (Å²) in [6, 6.07) is 0. The van der Waals surface area contributed by atoms with E-state index in [4.69, 9.17) is 5.11 Å². The Balaban J connectivity index is 1.48. The molecule has 7 heteroatoms. The van der Waals surface area contributed by atoms with Crippen LogP contribution in [0.3, 0.4) is 0 Å². The first-order valence-electron chi connectivity index (χ1n) is 6.89. The van der Waals surface area contributed by atoms with Crippen LogP contribution in [0.15, 0.2) is 0 Å². The van der Waals surface area contributed by atoms with Crippen molar-refractivity contribution in [1.82, 2.24) is 10.3 Å². The van der Waals surface area contributed by atoms with Crippen LogP contribution in [0.5, 0.6) is 0 Å². The number of carboxylic acid groups (broad SMARTS) is 1. The first-order valence-corrected chi connectivity index (χ1v) is 7.71. The van der Waals surface area contributed by atoms with Gasteiger partial charge in [0.05, 0.1) is 5.69 Å². The molecule has 1 aromatic heterocycles. The maximum Gasteiger partial charge on any atom is 0.312 e. The number of amides is 1. The molecule has 2 aliphatic rings. The fourth-order valence-electron chi connectivity index (χ4n) is 2.39. The minimum atomic E-state index is -0.794. The van der Waals surface area contributed by atoms with Crippen LogP contribution >= 0.6 is 11.3 Å². The maximum atomic E-state index is 11.4. The second kappa shape index (κ2) is 5.40. The van der Waals surface area contributed by atoms with Crippen molar-refractivity contribution < 1.29 is 14.7 Å². The Kier molecular flexibility index (Phi) is 3.60. The molecule has 0 bridgehead atoms. The number of aryl methyl sites for hydroxylation is 1. The average molecular weight is 295 g/mol. The summed E-state index contributed by atoms with van der Waals surface area (Å²) in [6.07, 6.45) is 3.47. The van der Waals surface area contributed by atoms with Crippen molar-refractivity contribution in [3.63, 3.8) is 0 Å². The number of rotatable bonds is 6. The molecule has 0 saturated heterocycles. The number of carboxylic acids is 1. The van der Waals surface area contributed by atoms with Crippen LogP contribution in [0.4, 0.5) is 5.13 Å². The van der Waals surface area contributed by atoms with Crippen molar-refractivity contribution in [3.8, 4) is 0 Å². The summed E-state index contributed by atoms with van der Waals surface area (Å²) in [4.78, 5) is 27.9. The van der Waals surface area contributed by atoms with Gasteiger partial charge in [-0.2, -0.15) is 0 Å². The van der Waals surface area contributed by atoms with Gasteiger partial charge in [-0.25, -0.2) is 4.98 Å². The third-order valence-electron chi connectivity index (χ3n) is 3.66. The van der Waals surface area contributed by atoms with E-state index in [9.17, 15) is 9.59 Å². The number of nitrogens with zero attached hydrogens (tertiary/aromatic N) is 1. The summed E-state index contributed by atoms with van der Waals surface area (Å²) < 4.78 is 0. The first kappa shape index (κ1) is 13.4. The summed E-state index contributed by atoms with van der Waals surface area (Å²) >= 11 is 1.52. The summed E-state index contributed by atoms with van der Waals surface area (Å²) in [6.45, 7) is 1.19. The highest BCUT2D eigenvalue weighted by Crippen LogP contribution is 2.38. The van der Waals surface area contributed by atoms with Gasteiger partial charge in [0.15, 0.2) is 5.13 Å². The Hall–Kier alpha value is -1.63. The molecule has 108 valence electrons. The van der Waals surface area contributed by atoms with Gasteiger partial charge in [0.25, 0.3) is 0 Å². The van der Waals surface area contributed by atoms with Crippen molar-refractivity contribution >= 4 is 28.3 Å². The third kappa shape index (κ3) is 2.77. The predicted octanol–water partition coefficient (Wildman–Crippen LogP) is 1.20. The zero-order valence-corrected chi connectivity index (χ0v) is 11.8. The highest BCUT2D eigenvalue weighted by atomic mass is 32.1. The molecule has 1 aromatic rings. The second-order valence-corrected chi connectivity index (χ2v) is 6.33. The molecule has 2 aliphatic carbocycles. The largest absolute Gasteiger partial charge is 0.481 e. The van der Waals surface area contributed by atoms with Crippen molar-refractivity contribution in [1.29, 1.82) is 0 Å². The zero-order chi connectivity index (χ0) is 14.1.